The molecule has 1 aromatic heterocycles. The van der Waals surface area contributed by atoms with Gasteiger partial charge in [-0.1, -0.05) is 0 Å². The summed E-state index contributed by atoms with van der Waals surface area (Å²) in [5.74, 6) is 0.0769. The van der Waals surface area contributed by atoms with E-state index in [4.69, 9.17) is 0 Å². The Morgan fingerprint density at radius 3 is 2.62 bits per heavy atom. The highest BCUT2D eigenvalue weighted by atomic mass is 79.9. The van der Waals surface area contributed by atoms with E-state index in [0.29, 0.717) is 4.60 Å². The average Bonchev–Trinajstić information content (AvgIpc) is 1.93. The third kappa shape index (κ3) is 3.29. The van der Waals surface area contributed by atoms with Crippen LogP contribution in [0.15, 0.2) is 16.7 Å². The zero-order chi connectivity index (χ0) is 10.1. The van der Waals surface area contributed by atoms with E-state index in [0.717, 1.165) is 5.69 Å². The molecule has 13 heavy (non-hydrogen) atoms. The molecule has 0 bridgehead atoms. The van der Waals surface area contributed by atoms with Crippen molar-refractivity contribution in [3.05, 3.63) is 22.4 Å². The highest BCUT2D eigenvalue weighted by Crippen LogP contribution is 2.23. The number of aromatic nitrogens is 1. The van der Waals surface area contributed by atoms with Crippen molar-refractivity contribution in [2.75, 3.05) is 0 Å². The van der Waals surface area contributed by atoms with E-state index >= 15 is 0 Å². The first-order chi connectivity index (χ1) is 5.88. The minimum absolute atomic E-state index is 0.0769. The number of halogens is 1. The SMILES string of the molecule is Cc1ccc(OS(N)(=O)=O)c(Br)n1. The van der Waals surface area contributed by atoms with Crippen LogP contribution in [-0.2, 0) is 10.3 Å². The summed E-state index contributed by atoms with van der Waals surface area (Å²) >= 11 is 3.04. The first-order valence-corrected chi connectivity index (χ1v) is 5.50. The van der Waals surface area contributed by atoms with Gasteiger partial charge in [-0.05, 0) is 35.0 Å². The molecule has 0 fully saturated rings. The van der Waals surface area contributed by atoms with E-state index in [9.17, 15) is 8.42 Å². The third-order valence-electron chi connectivity index (χ3n) is 1.16. The topological polar surface area (TPSA) is 82.3 Å². The van der Waals surface area contributed by atoms with Gasteiger partial charge in [-0.3, -0.25) is 0 Å². The summed E-state index contributed by atoms with van der Waals surface area (Å²) in [5.41, 5.74) is 0.744. The van der Waals surface area contributed by atoms with E-state index in [1.165, 1.54) is 6.07 Å². The molecule has 1 rings (SSSR count). The molecule has 2 N–H and O–H groups in total. The molecule has 0 radical (unpaired) electrons. The Hall–Kier alpha value is -0.660. The Morgan fingerprint density at radius 2 is 2.15 bits per heavy atom. The van der Waals surface area contributed by atoms with Crippen LogP contribution in [-0.4, -0.2) is 13.4 Å². The predicted octanol–water partition coefficient (Wildman–Crippen LogP) is 0.735. The molecular weight excluding hydrogens is 260 g/mol. The van der Waals surface area contributed by atoms with Crippen molar-refractivity contribution in [2.24, 2.45) is 5.14 Å². The average molecular weight is 267 g/mol. The van der Waals surface area contributed by atoms with Crippen LogP contribution >= 0.6 is 15.9 Å². The zero-order valence-corrected chi connectivity index (χ0v) is 9.09. The Labute approximate surface area is 84.3 Å². The molecule has 0 spiro atoms. The van der Waals surface area contributed by atoms with Crippen LogP contribution in [0, 0.1) is 6.92 Å². The highest BCUT2D eigenvalue weighted by molar-refractivity contribution is 9.10. The Balaban J connectivity index is 3.04. The number of hydrogen-bond acceptors (Lipinski definition) is 4. The molecule has 0 aliphatic carbocycles. The van der Waals surface area contributed by atoms with Gasteiger partial charge >= 0.3 is 10.3 Å². The monoisotopic (exact) mass is 266 g/mol. The molecule has 0 unspecified atom stereocenters. The lowest BCUT2D eigenvalue weighted by Crippen LogP contribution is -2.19. The first-order valence-electron chi connectivity index (χ1n) is 3.24. The minimum Gasteiger partial charge on any atom is -0.368 e. The Morgan fingerprint density at radius 1 is 1.54 bits per heavy atom. The molecule has 7 heteroatoms. The second-order valence-corrected chi connectivity index (χ2v) is 4.22. The van der Waals surface area contributed by atoms with Gasteiger partial charge in [-0.15, -0.1) is 0 Å². The van der Waals surface area contributed by atoms with Crippen LogP contribution in [0.3, 0.4) is 0 Å². The molecule has 72 valence electrons. The third-order valence-corrected chi connectivity index (χ3v) is 2.14. The van der Waals surface area contributed by atoms with Crippen molar-refractivity contribution in [3.8, 4) is 5.75 Å². The fourth-order valence-corrected chi connectivity index (χ4v) is 1.68. The number of hydrogen-bond donors (Lipinski definition) is 1. The fourth-order valence-electron chi connectivity index (χ4n) is 0.700. The fraction of sp³-hybridized carbons (Fsp3) is 0.167. The Bertz CT molecular complexity index is 418. The lowest BCUT2D eigenvalue weighted by atomic mass is 10.4. The molecule has 0 aliphatic heterocycles. The van der Waals surface area contributed by atoms with E-state index < -0.39 is 10.3 Å². The number of nitrogens with zero attached hydrogens (tertiary/aromatic N) is 1. The number of nitrogens with two attached hydrogens (primary N) is 1. The van der Waals surface area contributed by atoms with Crippen molar-refractivity contribution in [1.29, 1.82) is 0 Å². The number of aryl methyl sites for hydroxylation is 1. The van der Waals surface area contributed by atoms with Crippen molar-refractivity contribution in [1.82, 2.24) is 4.98 Å². The summed E-state index contributed by atoms with van der Waals surface area (Å²) < 4.78 is 25.8. The first kappa shape index (κ1) is 10.4. The number of rotatable bonds is 2. The summed E-state index contributed by atoms with van der Waals surface area (Å²) in [6.07, 6.45) is 0. The van der Waals surface area contributed by atoms with Gasteiger partial charge in [0.05, 0.1) is 0 Å². The zero-order valence-electron chi connectivity index (χ0n) is 6.69. The van der Waals surface area contributed by atoms with Gasteiger partial charge in [0.25, 0.3) is 0 Å². The van der Waals surface area contributed by atoms with Crippen LogP contribution < -0.4 is 9.32 Å². The van der Waals surface area contributed by atoms with E-state index in [-0.39, 0.29) is 5.75 Å². The van der Waals surface area contributed by atoms with Gasteiger partial charge in [0.15, 0.2) is 5.75 Å². The van der Waals surface area contributed by atoms with Gasteiger partial charge in [0.2, 0.25) is 0 Å². The molecule has 1 heterocycles. The maximum Gasteiger partial charge on any atom is 0.380 e. The number of pyridine rings is 1. The summed E-state index contributed by atoms with van der Waals surface area (Å²) in [7, 11) is -3.98. The quantitative estimate of drug-likeness (QED) is 0.801. The largest absolute Gasteiger partial charge is 0.380 e. The van der Waals surface area contributed by atoms with Crippen LogP contribution in [0.4, 0.5) is 0 Å². The van der Waals surface area contributed by atoms with Crippen molar-refractivity contribution < 1.29 is 12.6 Å². The lowest BCUT2D eigenvalue weighted by Gasteiger charge is -2.03. The summed E-state index contributed by atoms with van der Waals surface area (Å²) in [5, 5.41) is 4.68. The molecule has 0 saturated heterocycles. The predicted molar refractivity (Wildman–Crippen MR) is 50.4 cm³/mol. The maximum atomic E-state index is 10.5. The van der Waals surface area contributed by atoms with E-state index in [2.05, 4.69) is 30.2 Å². The molecule has 0 aliphatic rings. The van der Waals surface area contributed by atoms with Gasteiger partial charge in [-0.25, -0.2) is 4.98 Å². The van der Waals surface area contributed by atoms with E-state index in [1.54, 1.807) is 13.0 Å². The van der Waals surface area contributed by atoms with Crippen LogP contribution in [0.5, 0.6) is 5.75 Å². The molecule has 1 aromatic rings. The van der Waals surface area contributed by atoms with Crippen LogP contribution in [0.2, 0.25) is 0 Å². The summed E-state index contributed by atoms with van der Waals surface area (Å²) in [6.45, 7) is 1.77. The van der Waals surface area contributed by atoms with Crippen molar-refractivity contribution >= 4 is 26.2 Å². The minimum atomic E-state index is -3.98. The van der Waals surface area contributed by atoms with E-state index in [1.807, 2.05) is 0 Å². The van der Waals surface area contributed by atoms with Gasteiger partial charge in [0, 0.05) is 5.69 Å². The second-order valence-electron chi connectivity index (χ2n) is 2.32. The summed E-state index contributed by atoms with van der Waals surface area (Å²) in [4.78, 5) is 3.93. The van der Waals surface area contributed by atoms with Crippen LogP contribution in [0.1, 0.15) is 5.69 Å². The molecular formula is C6H7BrN2O3S. The van der Waals surface area contributed by atoms with Crippen molar-refractivity contribution in [2.45, 2.75) is 6.92 Å². The molecule has 5 nitrogen and oxygen atoms in total. The molecule has 0 amide bonds. The standard InChI is InChI=1S/C6H7BrN2O3S/c1-4-2-3-5(6(7)9-4)12-13(8,10)11/h2-3H,1H3,(H2,8,10,11). The second kappa shape index (κ2) is 3.60. The molecule has 0 aromatic carbocycles. The van der Waals surface area contributed by atoms with Crippen molar-refractivity contribution in [3.63, 3.8) is 0 Å². The van der Waals surface area contributed by atoms with Gasteiger partial charge in [-0.2, -0.15) is 13.6 Å². The van der Waals surface area contributed by atoms with Crippen LogP contribution in [0.25, 0.3) is 0 Å². The summed E-state index contributed by atoms with van der Waals surface area (Å²) in [6, 6.07) is 3.09. The molecule has 0 atom stereocenters. The maximum absolute atomic E-state index is 10.5. The smallest absolute Gasteiger partial charge is 0.368 e. The van der Waals surface area contributed by atoms with Gasteiger partial charge in [0.1, 0.15) is 4.60 Å². The Kier molecular flexibility index (Phi) is 2.89. The highest BCUT2D eigenvalue weighted by Gasteiger charge is 2.09. The normalized spacial score (nSPS) is 11.3. The molecule has 0 saturated carbocycles. The lowest BCUT2D eigenvalue weighted by molar-refractivity contribution is 0.484. The van der Waals surface area contributed by atoms with Gasteiger partial charge < -0.3 is 4.18 Å².